The van der Waals surface area contributed by atoms with Gasteiger partial charge in [0.2, 0.25) is 5.13 Å². The first-order valence-corrected chi connectivity index (χ1v) is 9.59. The van der Waals surface area contributed by atoms with Crippen LogP contribution in [0.3, 0.4) is 0 Å². The van der Waals surface area contributed by atoms with Gasteiger partial charge in [0.15, 0.2) is 4.34 Å². The summed E-state index contributed by atoms with van der Waals surface area (Å²) in [5.74, 6) is 1.86. The SMILES string of the molecule is CCOc1ccc(C2=NC[C@H](CSc3nnc(N)s3)S2)cc1. The minimum Gasteiger partial charge on any atom is -0.494 e. The molecule has 1 aliphatic rings. The topological polar surface area (TPSA) is 73.4 Å². The van der Waals surface area contributed by atoms with Crippen molar-refractivity contribution in [3.05, 3.63) is 29.8 Å². The van der Waals surface area contributed by atoms with E-state index in [-0.39, 0.29) is 0 Å². The molecule has 0 saturated carbocycles. The largest absolute Gasteiger partial charge is 0.494 e. The van der Waals surface area contributed by atoms with Crippen molar-refractivity contribution in [2.75, 3.05) is 24.6 Å². The fourth-order valence-corrected chi connectivity index (χ4v) is 4.90. The van der Waals surface area contributed by atoms with E-state index in [2.05, 4.69) is 27.3 Å². The zero-order valence-electron chi connectivity index (χ0n) is 12.1. The van der Waals surface area contributed by atoms with E-state index in [1.54, 1.807) is 11.8 Å². The van der Waals surface area contributed by atoms with Crippen molar-refractivity contribution in [2.45, 2.75) is 16.5 Å². The average Bonchev–Trinajstić information content (AvgIpc) is 3.15. The molecule has 1 aromatic carbocycles. The number of aromatic nitrogens is 2. The molecule has 0 amide bonds. The molecule has 1 atom stereocenters. The molecule has 0 bridgehead atoms. The summed E-state index contributed by atoms with van der Waals surface area (Å²) in [7, 11) is 0. The van der Waals surface area contributed by atoms with Gasteiger partial charge in [-0.05, 0) is 31.2 Å². The summed E-state index contributed by atoms with van der Waals surface area (Å²) < 4.78 is 6.39. The lowest BCUT2D eigenvalue weighted by Gasteiger charge is -2.07. The molecule has 2 heterocycles. The van der Waals surface area contributed by atoms with Crippen LogP contribution in [0.2, 0.25) is 0 Å². The molecule has 3 rings (SSSR count). The fraction of sp³-hybridized carbons (Fsp3) is 0.357. The van der Waals surface area contributed by atoms with Gasteiger partial charge in [0.25, 0.3) is 0 Å². The number of rotatable bonds is 6. The standard InChI is InChI=1S/C14H16N4OS3/c1-2-19-10-5-3-9(4-6-10)12-16-7-11(21-12)8-20-14-18-17-13(15)22-14/h3-6,11H,2,7-8H2,1H3,(H2,15,17)/t11-/m1/s1. The maximum absolute atomic E-state index is 5.59. The maximum Gasteiger partial charge on any atom is 0.203 e. The second-order valence-electron chi connectivity index (χ2n) is 4.56. The van der Waals surface area contributed by atoms with E-state index in [4.69, 9.17) is 10.5 Å². The van der Waals surface area contributed by atoms with E-state index in [1.807, 2.05) is 30.8 Å². The van der Waals surface area contributed by atoms with E-state index in [0.29, 0.717) is 17.0 Å². The Hall–Kier alpha value is -1.25. The number of benzene rings is 1. The summed E-state index contributed by atoms with van der Waals surface area (Å²) in [4.78, 5) is 4.65. The molecule has 0 fully saturated rings. The highest BCUT2D eigenvalue weighted by molar-refractivity contribution is 8.16. The van der Waals surface area contributed by atoms with E-state index in [1.165, 1.54) is 11.3 Å². The summed E-state index contributed by atoms with van der Waals surface area (Å²) in [5, 5.41) is 9.95. The number of hydrogen-bond donors (Lipinski definition) is 1. The van der Waals surface area contributed by atoms with Crippen LogP contribution in [0.5, 0.6) is 5.75 Å². The van der Waals surface area contributed by atoms with Crippen molar-refractivity contribution in [1.29, 1.82) is 0 Å². The number of nitrogens with zero attached hydrogens (tertiary/aromatic N) is 3. The van der Waals surface area contributed by atoms with Gasteiger partial charge >= 0.3 is 0 Å². The predicted molar refractivity (Wildman–Crippen MR) is 95.4 cm³/mol. The Balaban J connectivity index is 1.52. The van der Waals surface area contributed by atoms with Crippen molar-refractivity contribution < 1.29 is 4.74 Å². The molecule has 2 N–H and O–H groups in total. The van der Waals surface area contributed by atoms with Gasteiger partial charge in [-0.3, -0.25) is 4.99 Å². The van der Waals surface area contributed by atoms with Crippen LogP contribution < -0.4 is 10.5 Å². The smallest absolute Gasteiger partial charge is 0.203 e. The molecule has 22 heavy (non-hydrogen) atoms. The molecule has 8 heteroatoms. The molecular formula is C14H16N4OS3. The second kappa shape index (κ2) is 7.34. The second-order valence-corrected chi connectivity index (χ2v) is 8.13. The first-order valence-electron chi connectivity index (χ1n) is 6.90. The average molecular weight is 353 g/mol. The van der Waals surface area contributed by atoms with Gasteiger partial charge in [0, 0.05) is 16.6 Å². The lowest BCUT2D eigenvalue weighted by Crippen LogP contribution is -2.06. The Labute approximate surface area is 141 Å². The van der Waals surface area contributed by atoms with Crippen molar-refractivity contribution in [3.8, 4) is 5.75 Å². The van der Waals surface area contributed by atoms with Crippen LogP contribution in [0.25, 0.3) is 0 Å². The minimum atomic E-state index is 0.469. The fourth-order valence-electron chi connectivity index (χ4n) is 1.97. The molecule has 2 aromatic rings. The number of ether oxygens (including phenoxy) is 1. The first kappa shape index (κ1) is 15.6. The van der Waals surface area contributed by atoms with Crippen LogP contribution in [0.4, 0.5) is 5.13 Å². The Kier molecular flexibility index (Phi) is 5.22. The number of anilines is 1. The highest BCUT2D eigenvalue weighted by Crippen LogP contribution is 2.32. The number of nitrogens with two attached hydrogens (primary N) is 1. The summed E-state index contributed by atoms with van der Waals surface area (Å²) in [6, 6.07) is 8.12. The Morgan fingerprint density at radius 1 is 1.32 bits per heavy atom. The van der Waals surface area contributed by atoms with Crippen LogP contribution in [0.15, 0.2) is 33.6 Å². The first-order chi connectivity index (χ1) is 10.7. The summed E-state index contributed by atoms with van der Waals surface area (Å²) >= 11 is 4.95. The van der Waals surface area contributed by atoms with Gasteiger partial charge in [-0.1, -0.05) is 23.1 Å². The minimum absolute atomic E-state index is 0.469. The van der Waals surface area contributed by atoms with Gasteiger partial charge in [0.05, 0.1) is 18.2 Å². The number of hydrogen-bond acceptors (Lipinski definition) is 8. The zero-order valence-corrected chi connectivity index (χ0v) is 14.5. The third kappa shape index (κ3) is 3.93. The molecule has 0 aliphatic carbocycles. The van der Waals surface area contributed by atoms with Crippen molar-refractivity contribution in [1.82, 2.24) is 10.2 Å². The molecule has 1 aliphatic heterocycles. The molecule has 5 nitrogen and oxygen atoms in total. The number of aliphatic imine (C=N–C) groups is 1. The van der Waals surface area contributed by atoms with Crippen molar-refractivity contribution in [3.63, 3.8) is 0 Å². The lowest BCUT2D eigenvalue weighted by atomic mass is 10.2. The van der Waals surface area contributed by atoms with Crippen molar-refractivity contribution >= 4 is 45.0 Å². The molecular weight excluding hydrogens is 336 g/mol. The van der Waals surface area contributed by atoms with Crippen LogP contribution in [-0.2, 0) is 0 Å². The Morgan fingerprint density at radius 3 is 2.82 bits per heavy atom. The highest BCUT2D eigenvalue weighted by atomic mass is 32.2. The van der Waals surface area contributed by atoms with E-state index >= 15 is 0 Å². The van der Waals surface area contributed by atoms with Crippen LogP contribution in [0, 0.1) is 0 Å². The van der Waals surface area contributed by atoms with Gasteiger partial charge < -0.3 is 10.5 Å². The predicted octanol–water partition coefficient (Wildman–Crippen LogP) is 3.17. The van der Waals surface area contributed by atoms with Gasteiger partial charge in [-0.25, -0.2) is 0 Å². The van der Waals surface area contributed by atoms with E-state index in [0.717, 1.165) is 33.0 Å². The van der Waals surface area contributed by atoms with Gasteiger partial charge in [-0.15, -0.1) is 22.0 Å². The summed E-state index contributed by atoms with van der Waals surface area (Å²) in [6.07, 6.45) is 0. The van der Waals surface area contributed by atoms with E-state index < -0.39 is 0 Å². The third-order valence-corrected chi connectivity index (χ3v) is 6.44. The molecule has 0 unspecified atom stereocenters. The number of nitrogen functional groups attached to an aromatic ring is 1. The number of thioether (sulfide) groups is 2. The van der Waals surface area contributed by atoms with E-state index in [9.17, 15) is 0 Å². The lowest BCUT2D eigenvalue weighted by molar-refractivity contribution is 0.340. The zero-order chi connectivity index (χ0) is 15.4. The van der Waals surface area contributed by atoms with Crippen molar-refractivity contribution in [2.24, 2.45) is 4.99 Å². The van der Waals surface area contributed by atoms with Gasteiger partial charge in [-0.2, -0.15) is 0 Å². The Bertz CT molecular complexity index is 656. The van der Waals surface area contributed by atoms with Crippen LogP contribution >= 0.6 is 34.9 Å². The third-order valence-electron chi connectivity index (χ3n) is 2.94. The molecule has 0 spiro atoms. The normalized spacial score (nSPS) is 17.5. The molecule has 116 valence electrons. The maximum atomic E-state index is 5.59. The summed E-state index contributed by atoms with van der Waals surface area (Å²) in [6.45, 7) is 3.51. The molecule has 0 saturated heterocycles. The monoisotopic (exact) mass is 352 g/mol. The van der Waals surface area contributed by atoms with Crippen LogP contribution in [-0.4, -0.2) is 39.4 Å². The quantitative estimate of drug-likeness (QED) is 0.805. The van der Waals surface area contributed by atoms with Crippen LogP contribution in [0.1, 0.15) is 12.5 Å². The summed E-state index contributed by atoms with van der Waals surface area (Å²) in [5.41, 5.74) is 6.74. The molecule has 1 aromatic heterocycles. The van der Waals surface area contributed by atoms with Gasteiger partial charge in [0.1, 0.15) is 5.75 Å². The highest BCUT2D eigenvalue weighted by Gasteiger charge is 2.21. The Morgan fingerprint density at radius 2 is 2.14 bits per heavy atom. The molecule has 0 radical (unpaired) electrons.